The molecular weight excluding hydrogens is 349 g/mol. The maximum Gasteiger partial charge on any atom is 0.124 e. The van der Waals surface area contributed by atoms with Gasteiger partial charge in [0.05, 0.1) is 0 Å². The Labute approximate surface area is 128 Å². The van der Waals surface area contributed by atoms with Gasteiger partial charge in [-0.3, -0.25) is 0 Å². The number of para-hydroxylation sites is 1. The molecule has 2 nitrogen and oxygen atoms in total. The monoisotopic (exact) mass is 367 g/mol. The highest BCUT2D eigenvalue weighted by atomic mass is 127. The van der Waals surface area contributed by atoms with Gasteiger partial charge in [-0.2, -0.15) is 0 Å². The quantitative estimate of drug-likeness (QED) is 0.802. The van der Waals surface area contributed by atoms with E-state index in [2.05, 4.69) is 65.2 Å². The first-order valence-electron chi connectivity index (χ1n) is 6.34. The van der Waals surface area contributed by atoms with Crippen molar-refractivity contribution < 1.29 is 4.74 Å². The Morgan fingerprint density at radius 3 is 2.47 bits per heavy atom. The number of halogens is 1. The summed E-state index contributed by atoms with van der Waals surface area (Å²) in [6, 6.07) is 16.9. The van der Waals surface area contributed by atoms with Gasteiger partial charge in [-0.25, -0.2) is 0 Å². The molecule has 0 bridgehead atoms. The molecule has 19 heavy (non-hydrogen) atoms. The molecule has 3 heteroatoms. The predicted octanol–water partition coefficient (Wildman–Crippen LogP) is 4.15. The van der Waals surface area contributed by atoms with Crippen LogP contribution in [-0.4, -0.2) is 7.05 Å². The van der Waals surface area contributed by atoms with Crippen LogP contribution in [0.3, 0.4) is 0 Å². The van der Waals surface area contributed by atoms with E-state index in [1.807, 2.05) is 25.2 Å². The highest BCUT2D eigenvalue weighted by Crippen LogP contribution is 2.25. The smallest absolute Gasteiger partial charge is 0.124 e. The summed E-state index contributed by atoms with van der Waals surface area (Å²) < 4.78 is 7.18. The third-order valence-electron chi connectivity index (χ3n) is 3.13. The summed E-state index contributed by atoms with van der Waals surface area (Å²) >= 11 is 2.31. The molecule has 0 saturated carbocycles. The number of benzene rings is 2. The SMILES string of the molecule is CNC(C)c1ccccc1OCc1ccc(I)cc1. The van der Waals surface area contributed by atoms with Gasteiger partial charge in [-0.15, -0.1) is 0 Å². The van der Waals surface area contributed by atoms with Gasteiger partial charge in [0, 0.05) is 15.2 Å². The van der Waals surface area contributed by atoms with E-state index in [4.69, 9.17) is 4.74 Å². The van der Waals surface area contributed by atoms with Crippen molar-refractivity contribution in [2.24, 2.45) is 0 Å². The zero-order chi connectivity index (χ0) is 13.7. The molecule has 1 N–H and O–H groups in total. The van der Waals surface area contributed by atoms with Gasteiger partial charge in [-0.1, -0.05) is 30.3 Å². The van der Waals surface area contributed by atoms with E-state index in [0.717, 1.165) is 5.75 Å². The number of ether oxygens (including phenoxy) is 1. The lowest BCUT2D eigenvalue weighted by atomic mass is 10.1. The van der Waals surface area contributed by atoms with Gasteiger partial charge >= 0.3 is 0 Å². The number of rotatable bonds is 5. The summed E-state index contributed by atoms with van der Waals surface area (Å²) in [5, 5.41) is 3.25. The van der Waals surface area contributed by atoms with Crippen LogP contribution < -0.4 is 10.1 Å². The van der Waals surface area contributed by atoms with Crippen LogP contribution >= 0.6 is 22.6 Å². The van der Waals surface area contributed by atoms with Crippen LogP contribution in [0.2, 0.25) is 0 Å². The van der Waals surface area contributed by atoms with Gasteiger partial charge in [0.2, 0.25) is 0 Å². The topological polar surface area (TPSA) is 21.3 Å². The Kier molecular flexibility index (Phi) is 5.22. The van der Waals surface area contributed by atoms with Gasteiger partial charge in [0.15, 0.2) is 0 Å². The molecule has 2 aromatic rings. The van der Waals surface area contributed by atoms with Gasteiger partial charge in [0.25, 0.3) is 0 Å². The lowest BCUT2D eigenvalue weighted by Crippen LogP contribution is -2.13. The average Bonchev–Trinajstić information content (AvgIpc) is 2.46. The standard InChI is InChI=1S/C16H18INO/c1-12(18-2)15-5-3-4-6-16(15)19-11-13-7-9-14(17)10-8-13/h3-10,12,18H,11H2,1-2H3. The molecule has 0 aromatic heterocycles. The van der Waals surface area contributed by atoms with E-state index < -0.39 is 0 Å². The molecule has 2 rings (SSSR count). The van der Waals surface area contributed by atoms with E-state index in [-0.39, 0.29) is 6.04 Å². The Bertz CT molecular complexity index is 525. The molecule has 2 aromatic carbocycles. The summed E-state index contributed by atoms with van der Waals surface area (Å²) in [5.41, 5.74) is 2.38. The predicted molar refractivity (Wildman–Crippen MR) is 87.4 cm³/mol. The molecule has 0 spiro atoms. The van der Waals surface area contributed by atoms with Crippen LogP contribution in [0.15, 0.2) is 48.5 Å². The highest BCUT2D eigenvalue weighted by molar-refractivity contribution is 14.1. The van der Waals surface area contributed by atoms with Gasteiger partial charge in [-0.05, 0) is 60.3 Å². The molecular formula is C16H18INO. The van der Waals surface area contributed by atoms with Gasteiger partial charge < -0.3 is 10.1 Å². The van der Waals surface area contributed by atoms with E-state index >= 15 is 0 Å². The maximum atomic E-state index is 5.94. The summed E-state index contributed by atoms with van der Waals surface area (Å²) in [6.07, 6.45) is 0. The molecule has 1 atom stereocenters. The molecule has 0 aliphatic heterocycles. The Balaban J connectivity index is 2.09. The molecule has 0 aliphatic carbocycles. The largest absolute Gasteiger partial charge is 0.489 e. The zero-order valence-electron chi connectivity index (χ0n) is 11.2. The lowest BCUT2D eigenvalue weighted by molar-refractivity contribution is 0.300. The van der Waals surface area contributed by atoms with Crippen molar-refractivity contribution in [3.05, 3.63) is 63.2 Å². The molecule has 0 aliphatic rings. The van der Waals surface area contributed by atoms with Crippen molar-refractivity contribution >= 4 is 22.6 Å². The number of hydrogen-bond acceptors (Lipinski definition) is 2. The molecule has 0 heterocycles. The fraction of sp³-hybridized carbons (Fsp3) is 0.250. The number of hydrogen-bond donors (Lipinski definition) is 1. The van der Waals surface area contributed by atoms with Crippen LogP contribution in [0.1, 0.15) is 24.1 Å². The highest BCUT2D eigenvalue weighted by Gasteiger charge is 2.09. The first kappa shape index (κ1) is 14.3. The first-order valence-corrected chi connectivity index (χ1v) is 7.42. The zero-order valence-corrected chi connectivity index (χ0v) is 13.3. The van der Waals surface area contributed by atoms with E-state index in [9.17, 15) is 0 Å². The molecule has 100 valence electrons. The van der Waals surface area contributed by atoms with E-state index in [1.54, 1.807) is 0 Å². The van der Waals surface area contributed by atoms with Crippen LogP contribution in [0, 0.1) is 3.57 Å². The van der Waals surface area contributed by atoms with Crippen LogP contribution in [0.5, 0.6) is 5.75 Å². The number of nitrogens with one attached hydrogen (secondary N) is 1. The normalized spacial score (nSPS) is 12.2. The summed E-state index contributed by atoms with van der Waals surface area (Å²) in [6.45, 7) is 2.73. The Hall–Kier alpha value is -1.07. The second-order valence-electron chi connectivity index (χ2n) is 4.46. The molecule has 1 unspecified atom stereocenters. The fourth-order valence-electron chi connectivity index (χ4n) is 1.87. The minimum atomic E-state index is 0.285. The molecule has 0 amide bonds. The summed E-state index contributed by atoms with van der Waals surface area (Å²) in [4.78, 5) is 0. The van der Waals surface area contributed by atoms with Gasteiger partial charge in [0.1, 0.15) is 12.4 Å². The first-order chi connectivity index (χ1) is 9.20. The second-order valence-corrected chi connectivity index (χ2v) is 5.71. The van der Waals surface area contributed by atoms with Crippen LogP contribution in [0.4, 0.5) is 0 Å². The van der Waals surface area contributed by atoms with Crippen LogP contribution in [-0.2, 0) is 6.61 Å². The van der Waals surface area contributed by atoms with Crippen molar-refractivity contribution in [1.29, 1.82) is 0 Å². The maximum absolute atomic E-state index is 5.94. The summed E-state index contributed by atoms with van der Waals surface area (Å²) in [5.74, 6) is 0.947. The molecule has 0 fully saturated rings. The van der Waals surface area contributed by atoms with Crippen LogP contribution in [0.25, 0.3) is 0 Å². The minimum absolute atomic E-state index is 0.285. The second kappa shape index (κ2) is 6.91. The fourth-order valence-corrected chi connectivity index (χ4v) is 2.23. The molecule has 0 radical (unpaired) electrons. The Morgan fingerprint density at radius 2 is 1.79 bits per heavy atom. The van der Waals surface area contributed by atoms with Crippen molar-refractivity contribution in [3.8, 4) is 5.75 Å². The van der Waals surface area contributed by atoms with Crippen molar-refractivity contribution in [2.45, 2.75) is 19.6 Å². The van der Waals surface area contributed by atoms with Crippen molar-refractivity contribution in [1.82, 2.24) is 5.32 Å². The average molecular weight is 367 g/mol. The lowest BCUT2D eigenvalue weighted by Gasteiger charge is -2.16. The third-order valence-corrected chi connectivity index (χ3v) is 3.85. The molecule has 0 saturated heterocycles. The van der Waals surface area contributed by atoms with Crippen molar-refractivity contribution in [2.75, 3.05) is 7.05 Å². The third kappa shape index (κ3) is 3.94. The minimum Gasteiger partial charge on any atom is -0.489 e. The Morgan fingerprint density at radius 1 is 1.11 bits per heavy atom. The summed E-state index contributed by atoms with van der Waals surface area (Å²) in [7, 11) is 1.96. The van der Waals surface area contributed by atoms with Crippen molar-refractivity contribution in [3.63, 3.8) is 0 Å². The van der Waals surface area contributed by atoms with E-state index in [0.29, 0.717) is 6.61 Å². The van der Waals surface area contributed by atoms with E-state index in [1.165, 1.54) is 14.7 Å².